The first-order chi connectivity index (χ1) is 7.33. The normalized spacial score (nSPS) is 21.2. The Bertz CT molecular complexity index is 486. The van der Waals surface area contributed by atoms with Gasteiger partial charge in [0.1, 0.15) is 11.9 Å². The van der Waals surface area contributed by atoms with Crippen LogP contribution in [-0.2, 0) is 4.74 Å². The maximum Gasteiger partial charge on any atom is 0.136 e. The molecule has 1 unspecified atom stereocenters. The molecule has 3 rings (SSSR count). The topological polar surface area (TPSA) is 63.9 Å². The number of H-pyrrole nitrogens is 1. The summed E-state index contributed by atoms with van der Waals surface area (Å²) in [5.41, 5.74) is 8.40. The van der Waals surface area contributed by atoms with Crippen molar-refractivity contribution >= 4 is 16.7 Å². The van der Waals surface area contributed by atoms with Gasteiger partial charge in [0.25, 0.3) is 0 Å². The van der Waals surface area contributed by atoms with E-state index in [0.29, 0.717) is 0 Å². The second kappa shape index (κ2) is 3.24. The predicted octanol–water partition coefficient (Wildman–Crippen LogP) is 2.00. The van der Waals surface area contributed by atoms with E-state index in [4.69, 9.17) is 10.5 Å². The third-order valence-electron chi connectivity index (χ3n) is 2.76. The number of nitrogens with zero attached hydrogens (tertiary/aromatic N) is 1. The predicted molar refractivity (Wildman–Crippen MR) is 58.4 cm³/mol. The highest BCUT2D eigenvalue weighted by atomic mass is 16.5. The van der Waals surface area contributed by atoms with E-state index in [-0.39, 0.29) is 6.10 Å². The molecule has 1 aliphatic heterocycles. The van der Waals surface area contributed by atoms with E-state index in [2.05, 4.69) is 9.97 Å². The minimum Gasteiger partial charge on any atom is -0.399 e. The summed E-state index contributed by atoms with van der Waals surface area (Å²) in [6.45, 7) is 0.837. The van der Waals surface area contributed by atoms with Crippen LogP contribution in [0.5, 0.6) is 0 Å². The van der Waals surface area contributed by atoms with Crippen molar-refractivity contribution in [3.8, 4) is 0 Å². The standard InChI is InChI=1S/C11H13N3O/c12-7-3-4-8-9(6-7)14-11(13-8)10-2-1-5-15-10/h3-4,6,10H,1-2,5,12H2,(H,13,14). The zero-order chi connectivity index (χ0) is 10.3. The van der Waals surface area contributed by atoms with Gasteiger partial charge in [-0.05, 0) is 31.0 Å². The smallest absolute Gasteiger partial charge is 0.136 e. The number of aromatic nitrogens is 2. The van der Waals surface area contributed by atoms with Crippen molar-refractivity contribution in [2.45, 2.75) is 18.9 Å². The summed E-state index contributed by atoms with van der Waals surface area (Å²) in [6.07, 6.45) is 2.30. The molecule has 2 heterocycles. The molecule has 2 aromatic rings. The summed E-state index contributed by atoms with van der Waals surface area (Å²) >= 11 is 0. The van der Waals surface area contributed by atoms with Gasteiger partial charge in [-0.25, -0.2) is 4.98 Å². The first-order valence-corrected chi connectivity index (χ1v) is 5.20. The number of imidazole rings is 1. The van der Waals surface area contributed by atoms with Gasteiger partial charge >= 0.3 is 0 Å². The Morgan fingerprint density at radius 1 is 1.47 bits per heavy atom. The Hall–Kier alpha value is -1.55. The molecule has 0 bridgehead atoms. The first-order valence-electron chi connectivity index (χ1n) is 5.20. The van der Waals surface area contributed by atoms with E-state index in [9.17, 15) is 0 Å². The molecule has 1 aliphatic rings. The average Bonchev–Trinajstić information content (AvgIpc) is 2.84. The van der Waals surface area contributed by atoms with Crippen LogP contribution in [0, 0.1) is 0 Å². The number of ether oxygens (including phenoxy) is 1. The summed E-state index contributed by atoms with van der Waals surface area (Å²) in [5.74, 6) is 0.924. The molecular formula is C11H13N3O. The van der Waals surface area contributed by atoms with Crippen LogP contribution < -0.4 is 5.73 Å². The molecule has 4 nitrogen and oxygen atoms in total. The molecule has 0 saturated carbocycles. The van der Waals surface area contributed by atoms with Crippen molar-refractivity contribution < 1.29 is 4.74 Å². The molecule has 1 aromatic carbocycles. The molecular weight excluding hydrogens is 190 g/mol. The fraction of sp³-hybridized carbons (Fsp3) is 0.364. The Morgan fingerprint density at radius 3 is 3.20 bits per heavy atom. The number of nitrogen functional groups attached to an aromatic ring is 1. The number of aromatic amines is 1. The Balaban J connectivity index is 2.05. The lowest BCUT2D eigenvalue weighted by molar-refractivity contribution is 0.106. The number of fused-ring (bicyclic) bond motifs is 1. The van der Waals surface area contributed by atoms with Crippen LogP contribution in [0.1, 0.15) is 24.8 Å². The highest BCUT2D eigenvalue weighted by molar-refractivity contribution is 5.78. The van der Waals surface area contributed by atoms with Gasteiger partial charge < -0.3 is 15.5 Å². The van der Waals surface area contributed by atoms with Gasteiger partial charge in [-0.2, -0.15) is 0 Å². The lowest BCUT2D eigenvalue weighted by Gasteiger charge is -2.03. The second-order valence-electron chi connectivity index (χ2n) is 3.90. The number of nitrogens with one attached hydrogen (secondary N) is 1. The van der Waals surface area contributed by atoms with Crippen LogP contribution in [0.25, 0.3) is 11.0 Å². The molecule has 4 heteroatoms. The molecule has 1 saturated heterocycles. The zero-order valence-electron chi connectivity index (χ0n) is 8.36. The van der Waals surface area contributed by atoms with Crippen molar-refractivity contribution in [2.24, 2.45) is 0 Å². The van der Waals surface area contributed by atoms with Crippen molar-refractivity contribution in [1.82, 2.24) is 9.97 Å². The van der Waals surface area contributed by atoms with Gasteiger partial charge in [-0.1, -0.05) is 0 Å². The molecule has 15 heavy (non-hydrogen) atoms. The molecule has 1 aromatic heterocycles. The molecule has 0 spiro atoms. The van der Waals surface area contributed by atoms with Crippen LogP contribution in [0.15, 0.2) is 18.2 Å². The van der Waals surface area contributed by atoms with Crippen LogP contribution in [0.4, 0.5) is 5.69 Å². The summed E-state index contributed by atoms with van der Waals surface area (Å²) in [4.78, 5) is 7.76. The van der Waals surface area contributed by atoms with E-state index >= 15 is 0 Å². The summed E-state index contributed by atoms with van der Waals surface area (Å²) < 4.78 is 5.57. The van der Waals surface area contributed by atoms with Crippen molar-refractivity contribution in [3.05, 3.63) is 24.0 Å². The van der Waals surface area contributed by atoms with E-state index < -0.39 is 0 Å². The fourth-order valence-corrected chi connectivity index (χ4v) is 1.99. The minimum absolute atomic E-state index is 0.138. The third kappa shape index (κ3) is 1.47. The van der Waals surface area contributed by atoms with Gasteiger partial charge in [0.2, 0.25) is 0 Å². The minimum atomic E-state index is 0.138. The third-order valence-corrected chi connectivity index (χ3v) is 2.76. The highest BCUT2D eigenvalue weighted by Crippen LogP contribution is 2.28. The number of anilines is 1. The number of hydrogen-bond donors (Lipinski definition) is 2. The fourth-order valence-electron chi connectivity index (χ4n) is 1.99. The Morgan fingerprint density at radius 2 is 2.40 bits per heavy atom. The summed E-state index contributed by atoms with van der Waals surface area (Å²) in [6, 6.07) is 5.70. The number of benzene rings is 1. The monoisotopic (exact) mass is 203 g/mol. The largest absolute Gasteiger partial charge is 0.399 e. The quantitative estimate of drug-likeness (QED) is 0.697. The van der Waals surface area contributed by atoms with Crippen molar-refractivity contribution in [2.75, 3.05) is 12.3 Å². The maximum absolute atomic E-state index is 5.71. The van der Waals surface area contributed by atoms with Crippen LogP contribution in [-0.4, -0.2) is 16.6 Å². The van der Waals surface area contributed by atoms with Crippen molar-refractivity contribution in [1.29, 1.82) is 0 Å². The van der Waals surface area contributed by atoms with E-state index in [0.717, 1.165) is 42.0 Å². The van der Waals surface area contributed by atoms with Crippen molar-refractivity contribution in [3.63, 3.8) is 0 Å². The molecule has 0 amide bonds. The molecule has 1 atom stereocenters. The van der Waals surface area contributed by atoms with Gasteiger partial charge in [0.05, 0.1) is 11.0 Å². The highest BCUT2D eigenvalue weighted by Gasteiger charge is 2.20. The Kier molecular flexibility index (Phi) is 1.89. The van der Waals surface area contributed by atoms with E-state index in [1.165, 1.54) is 0 Å². The zero-order valence-corrected chi connectivity index (χ0v) is 8.36. The van der Waals surface area contributed by atoms with Gasteiger partial charge in [-0.15, -0.1) is 0 Å². The van der Waals surface area contributed by atoms with Gasteiger partial charge in [0, 0.05) is 12.3 Å². The number of nitrogens with two attached hydrogens (primary N) is 1. The lowest BCUT2D eigenvalue weighted by atomic mass is 10.2. The van der Waals surface area contributed by atoms with Crippen LogP contribution in [0.2, 0.25) is 0 Å². The molecule has 0 aliphatic carbocycles. The van der Waals surface area contributed by atoms with E-state index in [1.807, 2.05) is 18.2 Å². The second-order valence-corrected chi connectivity index (χ2v) is 3.90. The van der Waals surface area contributed by atoms with Gasteiger partial charge in [0.15, 0.2) is 0 Å². The van der Waals surface area contributed by atoms with Crippen LogP contribution in [0.3, 0.4) is 0 Å². The lowest BCUT2D eigenvalue weighted by Crippen LogP contribution is -1.97. The molecule has 3 N–H and O–H groups in total. The van der Waals surface area contributed by atoms with Crippen LogP contribution >= 0.6 is 0 Å². The first kappa shape index (κ1) is 8.73. The SMILES string of the molecule is Nc1ccc2nc(C3CCCO3)[nH]c2c1. The molecule has 78 valence electrons. The number of hydrogen-bond acceptors (Lipinski definition) is 3. The molecule has 0 radical (unpaired) electrons. The Labute approximate surface area is 87.4 Å². The maximum atomic E-state index is 5.71. The molecule has 1 fully saturated rings. The number of rotatable bonds is 1. The van der Waals surface area contributed by atoms with E-state index in [1.54, 1.807) is 0 Å². The summed E-state index contributed by atoms with van der Waals surface area (Å²) in [5, 5.41) is 0. The average molecular weight is 203 g/mol. The summed E-state index contributed by atoms with van der Waals surface area (Å²) in [7, 11) is 0. The van der Waals surface area contributed by atoms with Gasteiger partial charge in [-0.3, -0.25) is 0 Å².